The van der Waals surface area contributed by atoms with E-state index in [9.17, 15) is 14.4 Å². The van der Waals surface area contributed by atoms with Gasteiger partial charge in [-0.05, 0) is 36.8 Å². The van der Waals surface area contributed by atoms with Gasteiger partial charge in [-0.3, -0.25) is 14.4 Å². The molecule has 0 saturated carbocycles. The van der Waals surface area contributed by atoms with Crippen molar-refractivity contribution in [1.82, 2.24) is 4.90 Å². The van der Waals surface area contributed by atoms with Gasteiger partial charge in [0.25, 0.3) is 11.8 Å². The molecule has 2 aliphatic heterocycles. The number of likely N-dealkylation sites (N-methyl/N-ethyl adjacent to an activating group) is 1. The molecule has 1 spiro atoms. The minimum atomic E-state index is -1.60. The number of hydrogen-bond acceptors (Lipinski definition) is 4. The van der Waals surface area contributed by atoms with E-state index in [1.54, 1.807) is 25.2 Å². The predicted octanol–water partition coefficient (Wildman–Crippen LogP) is 4.74. The predicted molar refractivity (Wildman–Crippen MR) is 132 cm³/mol. The first-order valence-electron chi connectivity index (χ1n) is 10.9. The van der Waals surface area contributed by atoms with Crippen LogP contribution < -0.4 is 10.3 Å². The molecule has 2 aliphatic rings. The third-order valence-corrected chi connectivity index (χ3v) is 7.28. The molecular formula is C27H19BrN2O4. The zero-order valence-corrected chi connectivity index (χ0v) is 20.0. The highest BCUT2D eigenvalue weighted by Gasteiger charge is 2.64. The highest BCUT2D eigenvalue weighted by atomic mass is 79.9. The van der Waals surface area contributed by atoms with Gasteiger partial charge in [0.2, 0.25) is 5.76 Å². The van der Waals surface area contributed by atoms with Gasteiger partial charge in [-0.1, -0.05) is 64.0 Å². The first-order chi connectivity index (χ1) is 16.3. The number of nitrogens with zero attached hydrogens (tertiary/aromatic N) is 2. The number of amides is 2. The number of benzene rings is 3. The molecule has 0 N–H and O–H groups in total. The van der Waals surface area contributed by atoms with Gasteiger partial charge >= 0.3 is 0 Å². The minimum Gasteiger partial charge on any atom is -0.450 e. The Balaban J connectivity index is 1.70. The zero-order valence-electron chi connectivity index (χ0n) is 18.5. The molecule has 1 atom stereocenters. The molecule has 1 aromatic heterocycles. The molecule has 0 saturated heterocycles. The van der Waals surface area contributed by atoms with Crippen LogP contribution in [0, 0.1) is 6.92 Å². The van der Waals surface area contributed by atoms with Crippen molar-refractivity contribution in [3.05, 3.63) is 109 Å². The maximum absolute atomic E-state index is 14.0. The van der Waals surface area contributed by atoms with Crippen LogP contribution in [-0.2, 0) is 16.9 Å². The van der Waals surface area contributed by atoms with Gasteiger partial charge in [-0.15, -0.1) is 0 Å². The van der Waals surface area contributed by atoms with E-state index >= 15 is 0 Å². The third kappa shape index (κ3) is 2.58. The van der Waals surface area contributed by atoms with Crippen LogP contribution in [-0.4, -0.2) is 23.8 Å². The fourth-order valence-electron chi connectivity index (χ4n) is 5.16. The Kier molecular flexibility index (Phi) is 4.38. The first kappa shape index (κ1) is 20.9. The third-order valence-electron chi connectivity index (χ3n) is 6.79. The fourth-order valence-corrected chi connectivity index (χ4v) is 5.53. The Labute approximate surface area is 203 Å². The SMILES string of the molecule is Cc1ccc(CN2C(=O)c3oc4ccc(Br)cc4c(=O)c3C23C(=O)N(C)c2ccccc23)cc1. The lowest BCUT2D eigenvalue weighted by atomic mass is 9.83. The van der Waals surface area contributed by atoms with Gasteiger partial charge in [0, 0.05) is 29.3 Å². The summed E-state index contributed by atoms with van der Waals surface area (Å²) in [6, 6.07) is 20.1. The Morgan fingerprint density at radius 3 is 2.47 bits per heavy atom. The van der Waals surface area contributed by atoms with Gasteiger partial charge in [0.1, 0.15) is 5.58 Å². The van der Waals surface area contributed by atoms with E-state index in [0.717, 1.165) is 11.1 Å². The number of hydrogen-bond donors (Lipinski definition) is 0. The Bertz CT molecular complexity index is 1590. The summed E-state index contributed by atoms with van der Waals surface area (Å²) < 4.78 is 6.75. The van der Waals surface area contributed by atoms with Crippen molar-refractivity contribution >= 4 is 44.4 Å². The van der Waals surface area contributed by atoms with Gasteiger partial charge < -0.3 is 14.2 Å². The van der Waals surface area contributed by atoms with Crippen LogP contribution in [0.3, 0.4) is 0 Å². The zero-order chi connectivity index (χ0) is 23.8. The lowest BCUT2D eigenvalue weighted by Gasteiger charge is -2.34. The molecule has 0 aliphatic carbocycles. The Morgan fingerprint density at radius 2 is 1.71 bits per heavy atom. The number of halogens is 1. The van der Waals surface area contributed by atoms with E-state index in [-0.39, 0.29) is 29.2 Å². The standard InChI is InChI=1S/C27H19BrN2O4/c1-15-7-9-16(10-8-15)14-30-25(32)24-22(23(31)18-13-17(28)11-12-21(18)34-24)27(30)19-5-3-4-6-20(19)29(2)26(27)33/h3-13H,14H2,1-2H3. The Morgan fingerprint density at radius 1 is 0.971 bits per heavy atom. The fraction of sp³-hybridized carbons (Fsp3) is 0.148. The molecule has 6 rings (SSSR count). The quantitative estimate of drug-likeness (QED) is 0.387. The largest absolute Gasteiger partial charge is 0.450 e. The van der Waals surface area contributed by atoms with Crippen molar-refractivity contribution in [2.75, 3.05) is 11.9 Å². The van der Waals surface area contributed by atoms with Crippen molar-refractivity contribution in [2.45, 2.75) is 19.0 Å². The molecule has 168 valence electrons. The first-order valence-corrected chi connectivity index (χ1v) is 11.7. The van der Waals surface area contributed by atoms with Crippen molar-refractivity contribution in [2.24, 2.45) is 0 Å². The average Bonchev–Trinajstić information content (AvgIpc) is 3.21. The van der Waals surface area contributed by atoms with E-state index in [2.05, 4.69) is 15.9 Å². The molecule has 4 aromatic rings. The van der Waals surface area contributed by atoms with Crippen molar-refractivity contribution < 1.29 is 14.0 Å². The molecule has 0 bridgehead atoms. The lowest BCUT2D eigenvalue weighted by Crippen LogP contribution is -2.52. The molecule has 1 unspecified atom stereocenters. The van der Waals surface area contributed by atoms with Crippen LogP contribution >= 0.6 is 15.9 Å². The van der Waals surface area contributed by atoms with Gasteiger partial charge in [-0.2, -0.15) is 0 Å². The van der Waals surface area contributed by atoms with Crippen LogP contribution in [0.25, 0.3) is 11.0 Å². The Hall–Kier alpha value is -3.71. The van der Waals surface area contributed by atoms with Crippen LogP contribution in [0.4, 0.5) is 5.69 Å². The number of para-hydroxylation sites is 1. The maximum Gasteiger partial charge on any atom is 0.291 e. The molecule has 0 radical (unpaired) electrons. The summed E-state index contributed by atoms with van der Waals surface area (Å²) in [5, 5.41) is 0.317. The maximum atomic E-state index is 14.0. The highest BCUT2D eigenvalue weighted by Crippen LogP contribution is 2.52. The summed E-state index contributed by atoms with van der Waals surface area (Å²) in [5.74, 6) is -0.907. The van der Waals surface area contributed by atoms with Crippen LogP contribution in [0.15, 0.2) is 80.4 Å². The summed E-state index contributed by atoms with van der Waals surface area (Å²) in [4.78, 5) is 44.9. The monoisotopic (exact) mass is 514 g/mol. The summed E-state index contributed by atoms with van der Waals surface area (Å²) in [6.45, 7) is 2.14. The lowest BCUT2D eigenvalue weighted by molar-refractivity contribution is -0.126. The molecule has 6 nitrogen and oxygen atoms in total. The summed E-state index contributed by atoms with van der Waals surface area (Å²) in [6.07, 6.45) is 0. The molecule has 0 fully saturated rings. The minimum absolute atomic E-state index is 0.0783. The number of carbonyl (C=O) groups excluding carboxylic acids is 2. The van der Waals surface area contributed by atoms with Gasteiger partial charge in [-0.25, -0.2) is 0 Å². The van der Waals surface area contributed by atoms with Crippen molar-refractivity contribution in [3.8, 4) is 0 Å². The summed E-state index contributed by atoms with van der Waals surface area (Å²) in [5.41, 5.74) is 1.61. The molecular weight excluding hydrogens is 496 g/mol. The van der Waals surface area contributed by atoms with E-state index in [1.807, 2.05) is 55.5 Å². The van der Waals surface area contributed by atoms with E-state index in [4.69, 9.17) is 4.42 Å². The van der Waals surface area contributed by atoms with E-state index in [0.29, 0.717) is 26.7 Å². The van der Waals surface area contributed by atoms with Crippen molar-refractivity contribution in [1.29, 1.82) is 0 Å². The van der Waals surface area contributed by atoms with Gasteiger partial charge in [0.05, 0.1) is 10.9 Å². The van der Waals surface area contributed by atoms with Gasteiger partial charge in [0.15, 0.2) is 11.0 Å². The molecule has 3 aromatic carbocycles. The summed E-state index contributed by atoms with van der Waals surface area (Å²) >= 11 is 3.41. The van der Waals surface area contributed by atoms with E-state index < -0.39 is 11.4 Å². The smallest absolute Gasteiger partial charge is 0.291 e. The number of anilines is 1. The molecule has 2 amide bonds. The highest BCUT2D eigenvalue weighted by molar-refractivity contribution is 9.10. The normalized spacial score (nSPS) is 18.8. The van der Waals surface area contributed by atoms with E-state index in [1.165, 1.54) is 9.80 Å². The summed E-state index contributed by atoms with van der Waals surface area (Å²) in [7, 11) is 1.67. The number of rotatable bonds is 2. The van der Waals surface area contributed by atoms with Crippen LogP contribution in [0.5, 0.6) is 0 Å². The number of carbonyl (C=O) groups is 2. The number of fused-ring (bicyclic) bond motifs is 5. The molecule has 7 heteroatoms. The molecule has 3 heterocycles. The van der Waals surface area contributed by atoms with Crippen LogP contribution in [0.1, 0.15) is 32.8 Å². The number of aryl methyl sites for hydroxylation is 1. The molecule has 34 heavy (non-hydrogen) atoms. The topological polar surface area (TPSA) is 70.8 Å². The second-order valence-electron chi connectivity index (χ2n) is 8.74. The van der Waals surface area contributed by atoms with Crippen LogP contribution in [0.2, 0.25) is 0 Å². The average molecular weight is 515 g/mol. The van der Waals surface area contributed by atoms with Crippen molar-refractivity contribution in [3.63, 3.8) is 0 Å². The second-order valence-corrected chi connectivity index (χ2v) is 9.66. The second kappa shape index (κ2) is 7.14.